The van der Waals surface area contributed by atoms with Crippen molar-refractivity contribution in [2.75, 3.05) is 51.4 Å². The number of methoxy groups -OCH3 is 1. The fourth-order valence-corrected chi connectivity index (χ4v) is 4.80. The summed E-state index contributed by atoms with van der Waals surface area (Å²) in [7, 11) is 3.38. The maximum Gasteiger partial charge on any atom is 0.278 e. The van der Waals surface area contributed by atoms with E-state index in [4.69, 9.17) is 26.1 Å². The fraction of sp³-hybridized carbons (Fsp3) is 0.450. The molecule has 0 N–H and O–H groups in total. The molecule has 168 valence electrons. The van der Waals surface area contributed by atoms with Crippen molar-refractivity contribution < 1.29 is 14.3 Å². The maximum atomic E-state index is 13.5. The first-order valence-electron chi connectivity index (χ1n) is 9.73. The molecule has 31 heavy (non-hydrogen) atoms. The third-order valence-corrected chi connectivity index (χ3v) is 6.65. The second-order valence-corrected chi connectivity index (χ2v) is 8.51. The number of fused-ring (bicyclic) bond motifs is 1. The molecule has 8 nitrogen and oxygen atoms in total. The minimum Gasteiger partial charge on any atom is -0.494 e. The predicted octanol–water partition coefficient (Wildman–Crippen LogP) is 3.40. The monoisotopic (exact) mass is 485 g/mol. The number of aryl methyl sites for hydroxylation is 2. The van der Waals surface area contributed by atoms with Crippen LogP contribution >= 0.6 is 35.3 Å². The van der Waals surface area contributed by atoms with E-state index < -0.39 is 0 Å². The lowest BCUT2D eigenvalue weighted by Gasteiger charge is -2.29. The summed E-state index contributed by atoms with van der Waals surface area (Å²) in [5.41, 5.74) is 1.98. The van der Waals surface area contributed by atoms with Crippen molar-refractivity contribution in [1.29, 1.82) is 0 Å². The van der Waals surface area contributed by atoms with Crippen molar-refractivity contribution in [1.82, 2.24) is 19.7 Å². The zero-order valence-corrected chi connectivity index (χ0v) is 20.0. The molecule has 1 aliphatic rings. The van der Waals surface area contributed by atoms with Crippen LogP contribution in [0.3, 0.4) is 0 Å². The molecule has 3 heterocycles. The van der Waals surface area contributed by atoms with Gasteiger partial charge in [-0.25, -0.2) is 4.98 Å². The van der Waals surface area contributed by atoms with Gasteiger partial charge in [0.1, 0.15) is 17.0 Å². The van der Waals surface area contributed by atoms with Gasteiger partial charge in [0, 0.05) is 33.2 Å². The molecule has 0 spiro atoms. The molecule has 0 unspecified atom stereocenters. The summed E-state index contributed by atoms with van der Waals surface area (Å²) in [6, 6.07) is 5.37. The molecule has 1 fully saturated rings. The van der Waals surface area contributed by atoms with Crippen molar-refractivity contribution in [2.24, 2.45) is 7.05 Å². The van der Waals surface area contributed by atoms with Crippen LogP contribution < -0.4 is 9.64 Å². The first kappa shape index (κ1) is 23.7. The maximum absolute atomic E-state index is 13.5. The van der Waals surface area contributed by atoms with E-state index in [1.165, 1.54) is 11.3 Å². The summed E-state index contributed by atoms with van der Waals surface area (Å²) in [5.74, 6) is 0.495. The largest absolute Gasteiger partial charge is 0.494 e. The number of rotatable bonds is 6. The minimum atomic E-state index is -0.138. The third kappa shape index (κ3) is 4.96. The summed E-state index contributed by atoms with van der Waals surface area (Å²) >= 11 is 7.80. The molecule has 2 aromatic heterocycles. The molecule has 11 heteroatoms. The topological polar surface area (TPSA) is 72.7 Å². The van der Waals surface area contributed by atoms with Gasteiger partial charge >= 0.3 is 0 Å². The fourth-order valence-electron chi connectivity index (χ4n) is 3.52. The number of nitrogens with zero attached hydrogens (tertiary/aromatic N) is 5. The average Bonchev–Trinajstić information content (AvgIpc) is 3.33. The summed E-state index contributed by atoms with van der Waals surface area (Å²) in [6.07, 6.45) is 0. The number of ether oxygens (including phenoxy) is 2. The van der Waals surface area contributed by atoms with Gasteiger partial charge < -0.3 is 9.47 Å². The zero-order chi connectivity index (χ0) is 21.3. The van der Waals surface area contributed by atoms with Gasteiger partial charge in [0.15, 0.2) is 5.13 Å². The first-order valence-corrected chi connectivity index (χ1v) is 10.9. The van der Waals surface area contributed by atoms with E-state index in [0.717, 1.165) is 30.0 Å². The first-order chi connectivity index (χ1) is 14.5. The third-order valence-electron chi connectivity index (χ3n) is 5.11. The number of carbonyl (C=O) groups excluding carboxylic acids is 1. The Kier molecular flexibility index (Phi) is 7.77. The molecule has 0 aliphatic carbocycles. The van der Waals surface area contributed by atoms with Crippen LogP contribution in [0.4, 0.5) is 5.13 Å². The van der Waals surface area contributed by atoms with Crippen LogP contribution in [0.2, 0.25) is 5.02 Å². The van der Waals surface area contributed by atoms with E-state index in [1.807, 2.05) is 6.92 Å². The molecule has 0 bridgehead atoms. The Labute approximate surface area is 196 Å². The molecule has 0 atom stereocenters. The number of halogens is 2. The highest BCUT2D eigenvalue weighted by Crippen LogP contribution is 2.39. The van der Waals surface area contributed by atoms with Crippen LogP contribution in [-0.2, 0) is 11.8 Å². The number of hydrogen-bond acceptors (Lipinski definition) is 7. The van der Waals surface area contributed by atoms with Crippen molar-refractivity contribution >= 4 is 56.6 Å². The lowest BCUT2D eigenvalue weighted by atomic mass is 10.3. The molecular weight excluding hydrogens is 461 g/mol. The number of benzene rings is 1. The second kappa shape index (κ2) is 10.1. The molecule has 1 aliphatic heterocycles. The smallest absolute Gasteiger partial charge is 0.278 e. The van der Waals surface area contributed by atoms with Crippen LogP contribution in [0.25, 0.3) is 10.2 Å². The average molecular weight is 486 g/mol. The highest BCUT2D eigenvalue weighted by molar-refractivity contribution is 7.23. The lowest BCUT2D eigenvalue weighted by molar-refractivity contribution is 0.0391. The van der Waals surface area contributed by atoms with Crippen LogP contribution in [-0.4, -0.2) is 72.1 Å². The Morgan fingerprint density at radius 3 is 2.74 bits per heavy atom. The summed E-state index contributed by atoms with van der Waals surface area (Å²) in [4.78, 5) is 22.2. The van der Waals surface area contributed by atoms with Gasteiger partial charge in [-0.1, -0.05) is 22.9 Å². The Morgan fingerprint density at radius 2 is 2.10 bits per heavy atom. The van der Waals surface area contributed by atoms with Crippen LogP contribution in [0.1, 0.15) is 16.2 Å². The second-order valence-electron chi connectivity index (χ2n) is 7.13. The number of amides is 1. The van der Waals surface area contributed by atoms with E-state index >= 15 is 0 Å². The zero-order valence-electron chi connectivity index (χ0n) is 17.6. The Bertz CT molecular complexity index is 1060. The number of hydrogen-bond donors (Lipinski definition) is 0. The Hall–Kier alpha value is -1.91. The number of aromatic nitrogens is 3. The lowest BCUT2D eigenvalue weighted by Crippen LogP contribution is -2.43. The molecule has 1 saturated heterocycles. The van der Waals surface area contributed by atoms with Gasteiger partial charge in [-0.2, -0.15) is 5.10 Å². The van der Waals surface area contributed by atoms with Crippen LogP contribution in [0.5, 0.6) is 5.75 Å². The van der Waals surface area contributed by atoms with Gasteiger partial charge in [0.25, 0.3) is 5.91 Å². The van der Waals surface area contributed by atoms with Gasteiger partial charge in [0.05, 0.1) is 35.7 Å². The van der Waals surface area contributed by atoms with Gasteiger partial charge in [-0.05, 0) is 25.1 Å². The Morgan fingerprint density at radius 1 is 1.35 bits per heavy atom. The number of carbonyl (C=O) groups is 1. The molecule has 1 aromatic carbocycles. The van der Waals surface area contributed by atoms with Gasteiger partial charge in [-0.3, -0.25) is 19.3 Å². The quantitative estimate of drug-likeness (QED) is 0.532. The van der Waals surface area contributed by atoms with E-state index in [1.54, 1.807) is 41.9 Å². The number of morpholine rings is 1. The molecule has 1 amide bonds. The van der Waals surface area contributed by atoms with E-state index in [9.17, 15) is 4.79 Å². The summed E-state index contributed by atoms with van der Waals surface area (Å²) < 4.78 is 13.3. The SMILES string of the molecule is COc1ccc(Cl)c2sc(N(CCN3CCOCC3)C(=O)c3cc(C)nn3C)nc12.Cl. The van der Waals surface area contributed by atoms with E-state index in [2.05, 4.69) is 10.00 Å². The molecule has 0 saturated carbocycles. The van der Waals surface area contributed by atoms with Crippen LogP contribution in [0, 0.1) is 6.92 Å². The summed E-state index contributed by atoms with van der Waals surface area (Å²) in [5, 5.41) is 5.51. The van der Waals surface area contributed by atoms with Crippen molar-refractivity contribution in [2.45, 2.75) is 6.92 Å². The highest BCUT2D eigenvalue weighted by atomic mass is 35.5. The van der Waals surface area contributed by atoms with E-state index in [-0.39, 0.29) is 18.3 Å². The standard InChI is InChI=1S/C20H24ClN5O3S.ClH/c1-13-12-15(24(2)23-13)19(27)26(7-6-25-8-10-29-11-9-25)20-22-17-16(28-3)5-4-14(21)18(17)30-20;/h4-5,12H,6-11H2,1-3H3;1H. The van der Waals surface area contributed by atoms with Crippen molar-refractivity contribution in [3.8, 4) is 5.75 Å². The normalized spacial score (nSPS) is 14.5. The highest BCUT2D eigenvalue weighted by Gasteiger charge is 2.26. The Balaban J connectivity index is 0.00000272. The number of thiazole rings is 1. The predicted molar refractivity (Wildman–Crippen MR) is 125 cm³/mol. The van der Waals surface area contributed by atoms with Crippen LogP contribution in [0.15, 0.2) is 18.2 Å². The molecule has 0 radical (unpaired) electrons. The van der Waals surface area contributed by atoms with Crippen molar-refractivity contribution in [3.05, 3.63) is 34.6 Å². The minimum absolute atomic E-state index is 0. The van der Waals surface area contributed by atoms with Gasteiger partial charge in [-0.15, -0.1) is 12.4 Å². The molecular formula is C20H25Cl2N5O3S. The van der Waals surface area contributed by atoms with Crippen molar-refractivity contribution in [3.63, 3.8) is 0 Å². The number of anilines is 1. The molecule has 3 aromatic rings. The molecule has 4 rings (SSSR count). The summed E-state index contributed by atoms with van der Waals surface area (Å²) in [6.45, 7) is 6.23. The van der Waals surface area contributed by atoms with E-state index in [0.29, 0.717) is 46.9 Å². The van der Waals surface area contributed by atoms with Gasteiger partial charge in [0.2, 0.25) is 0 Å².